The molecule has 0 radical (unpaired) electrons. The minimum atomic E-state index is -0.230. The van der Waals surface area contributed by atoms with E-state index >= 15 is 0 Å². The van der Waals surface area contributed by atoms with Gasteiger partial charge < -0.3 is 14.2 Å². The first kappa shape index (κ1) is 14.0. The Labute approximate surface area is 123 Å². The molecular formula is C15H19FN4O. The van der Waals surface area contributed by atoms with Crippen molar-refractivity contribution in [3.63, 3.8) is 0 Å². The van der Waals surface area contributed by atoms with Gasteiger partial charge in [-0.2, -0.15) is 0 Å². The monoisotopic (exact) mass is 290 g/mol. The van der Waals surface area contributed by atoms with E-state index in [4.69, 9.17) is 4.74 Å². The van der Waals surface area contributed by atoms with Gasteiger partial charge in [-0.3, -0.25) is 0 Å². The van der Waals surface area contributed by atoms with Crippen LogP contribution in [0.1, 0.15) is 12.8 Å². The number of rotatable bonds is 5. The van der Waals surface area contributed by atoms with E-state index in [1.54, 1.807) is 24.8 Å². The molecule has 1 aromatic heterocycles. The van der Waals surface area contributed by atoms with E-state index in [0.717, 1.165) is 44.8 Å². The summed E-state index contributed by atoms with van der Waals surface area (Å²) in [5.41, 5.74) is 0. The third-order valence-electron chi connectivity index (χ3n) is 3.79. The molecule has 1 aliphatic rings. The third kappa shape index (κ3) is 4.01. The maximum Gasteiger partial charge on any atom is 0.123 e. The number of hydrogen-bond donors (Lipinski definition) is 0. The summed E-state index contributed by atoms with van der Waals surface area (Å²) in [6, 6.07) is 6.24. The molecule has 0 bridgehead atoms. The zero-order chi connectivity index (χ0) is 14.5. The first-order valence-electron chi connectivity index (χ1n) is 7.26. The summed E-state index contributed by atoms with van der Waals surface area (Å²) < 4.78 is 20.7. The number of likely N-dealkylation sites (tertiary alicyclic amines) is 1. The molecule has 1 saturated heterocycles. The molecule has 0 atom stereocenters. The van der Waals surface area contributed by atoms with Crippen molar-refractivity contribution >= 4 is 0 Å². The van der Waals surface area contributed by atoms with Gasteiger partial charge in [-0.1, -0.05) is 0 Å². The summed E-state index contributed by atoms with van der Waals surface area (Å²) in [7, 11) is 0. The second-order valence-electron chi connectivity index (χ2n) is 5.31. The molecule has 0 unspecified atom stereocenters. The van der Waals surface area contributed by atoms with Crippen LogP contribution >= 0.6 is 0 Å². The SMILES string of the molecule is Fc1ccc(OC2CCN(CCn3cnnc3)CC2)cc1. The fourth-order valence-corrected chi connectivity index (χ4v) is 2.55. The van der Waals surface area contributed by atoms with Crippen molar-refractivity contribution in [3.8, 4) is 5.75 Å². The molecule has 0 amide bonds. The molecule has 112 valence electrons. The summed E-state index contributed by atoms with van der Waals surface area (Å²) in [6.07, 6.45) is 5.70. The Morgan fingerprint density at radius 2 is 1.71 bits per heavy atom. The molecular weight excluding hydrogens is 271 g/mol. The Morgan fingerprint density at radius 3 is 2.38 bits per heavy atom. The van der Waals surface area contributed by atoms with Crippen LogP contribution in [0.4, 0.5) is 4.39 Å². The largest absolute Gasteiger partial charge is 0.490 e. The van der Waals surface area contributed by atoms with Crippen molar-refractivity contribution in [3.05, 3.63) is 42.7 Å². The van der Waals surface area contributed by atoms with Crippen molar-refractivity contribution in [2.24, 2.45) is 0 Å². The Morgan fingerprint density at radius 1 is 1.05 bits per heavy atom. The minimum absolute atomic E-state index is 0.224. The molecule has 1 aliphatic heterocycles. The summed E-state index contributed by atoms with van der Waals surface area (Å²) >= 11 is 0. The van der Waals surface area contributed by atoms with E-state index in [0.29, 0.717) is 0 Å². The van der Waals surface area contributed by atoms with Crippen LogP contribution < -0.4 is 4.74 Å². The highest BCUT2D eigenvalue weighted by Crippen LogP contribution is 2.19. The second kappa shape index (κ2) is 6.67. The van der Waals surface area contributed by atoms with Gasteiger partial charge in [-0.25, -0.2) is 4.39 Å². The topological polar surface area (TPSA) is 43.2 Å². The minimum Gasteiger partial charge on any atom is -0.490 e. The highest BCUT2D eigenvalue weighted by atomic mass is 19.1. The summed E-state index contributed by atoms with van der Waals surface area (Å²) in [5, 5.41) is 7.60. The first-order chi connectivity index (χ1) is 10.3. The Kier molecular flexibility index (Phi) is 4.45. The van der Waals surface area contributed by atoms with E-state index in [1.807, 2.05) is 4.57 Å². The molecule has 2 aromatic rings. The lowest BCUT2D eigenvalue weighted by atomic mass is 10.1. The molecule has 21 heavy (non-hydrogen) atoms. The number of ether oxygens (including phenoxy) is 1. The number of benzene rings is 1. The van der Waals surface area contributed by atoms with Gasteiger partial charge in [0.1, 0.15) is 30.3 Å². The van der Waals surface area contributed by atoms with Crippen molar-refractivity contribution in [1.82, 2.24) is 19.7 Å². The third-order valence-corrected chi connectivity index (χ3v) is 3.79. The predicted molar refractivity (Wildman–Crippen MR) is 76.5 cm³/mol. The highest BCUT2D eigenvalue weighted by Gasteiger charge is 2.20. The number of piperidine rings is 1. The van der Waals surface area contributed by atoms with Gasteiger partial charge in [0.25, 0.3) is 0 Å². The standard InChI is InChI=1S/C15H19FN4O/c16-13-1-3-14(4-2-13)21-15-5-7-19(8-6-15)9-10-20-11-17-18-12-20/h1-4,11-12,15H,5-10H2. The Bertz CT molecular complexity index is 535. The van der Waals surface area contributed by atoms with Crippen LogP contribution in [0.15, 0.2) is 36.9 Å². The first-order valence-corrected chi connectivity index (χ1v) is 7.26. The number of hydrogen-bond acceptors (Lipinski definition) is 4. The normalized spacial score (nSPS) is 17.0. The van der Waals surface area contributed by atoms with Gasteiger partial charge in [0.15, 0.2) is 0 Å². The molecule has 3 rings (SSSR count). The van der Waals surface area contributed by atoms with Gasteiger partial charge >= 0.3 is 0 Å². The van der Waals surface area contributed by atoms with E-state index in [-0.39, 0.29) is 11.9 Å². The zero-order valence-electron chi connectivity index (χ0n) is 11.9. The maximum atomic E-state index is 12.8. The number of nitrogens with zero attached hydrogens (tertiary/aromatic N) is 4. The van der Waals surface area contributed by atoms with E-state index in [2.05, 4.69) is 15.1 Å². The molecule has 2 heterocycles. The van der Waals surface area contributed by atoms with Crippen LogP contribution in [0.3, 0.4) is 0 Å². The lowest BCUT2D eigenvalue weighted by molar-refractivity contribution is 0.0985. The fourth-order valence-electron chi connectivity index (χ4n) is 2.55. The molecule has 0 saturated carbocycles. The van der Waals surface area contributed by atoms with Crippen LogP contribution in [0.2, 0.25) is 0 Å². The summed E-state index contributed by atoms with van der Waals surface area (Å²) in [5.74, 6) is 0.519. The van der Waals surface area contributed by atoms with Crippen molar-refractivity contribution in [1.29, 1.82) is 0 Å². The molecule has 0 N–H and O–H groups in total. The maximum absolute atomic E-state index is 12.8. The molecule has 6 heteroatoms. The van der Waals surface area contributed by atoms with Gasteiger partial charge in [0.2, 0.25) is 0 Å². The van der Waals surface area contributed by atoms with Crippen LogP contribution in [-0.4, -0.2) is 45.4 Å². The summed E-state index contributed by atoms with van der Waals surface area (Å²) in [4.78, 5) is 2.42. The van der Waals surface area contributed by atoms with Crippen LogP contribution in [0.5, 0.6) is 5.75 Å². The molecule has 5 nitrogen and oxygen atoms in total. The van der Waals surface area contributed by atoms with Gasteiger partial charge in [-0.15, -0.1) is 10.2 Å². The smallest absolute Gasteiger partial charge is 0.123 e. The van der Waals surface area contributed by atoms with Crippen molar-refractivity contribution in [2.75, 3.05) is 19.6 Å². The fraction of sp³-hybridized carbons (Fsp3) is 0.467. The van der Waals surface area contributed by atoms with Gasteiger partial charge in [0.05, 0.1) is 0 Å². The van der Waals surface area contributed by atoms with Crippen LogP contribution in [0.25, 0.3) is 0 Å². The van der Waals surface area contributed by atoms with Crippen molar-refractivity contribution in [2.45, 2.75) is 25.5 Å². The van der Waals surface area contributed by atoms with Gasteiger partial charge in [0, 0.05) is 26.2 Å². The summed E-state index contributed by atoms with van der Waals surface area (Å²) in [6.45, 7) is 3.96. The Balaban J connectivity index is 1.41. The average molecular weight is 290 g/mol. The van der Waals surface area contributed by atoms with E-state index in [1.165, 1.54) is 12.1 Å². The molecule has 1 aromatic carbocycles. The highest BCUT2D eigenvalue weighted by molar-refractivity contribution is 5.22. The molecule has 1 fully saturated rings. The second-order valence-corrected chi connectivity index (χ2v) is 5.31. The van der Waals surface area contributed by atoms with Crippen molar-refractivity contribution < 1.29 is 9.13 Å². The lowest BCUT2D eigenvalue weighted by Gasteiger charge is -2.32. The quantitative estimate of drug-likeness (QED) is 0.844. The van der Waals surface area contributed by atoms with E-state index in [9.17, 15) is 4.39 Å². The molecule has 0 aliphatic carbocycles. The molecule has 0 spiro atoms. The Hall–Kier alpha value is -1.95. The zero-order valence-corrected chi connectivity index (χ0v) is 11.9. The number of halogens is 1. The lowest BCUT2D eigenvalue weighted by Crippen LogP contribution is -2.39. The van der Waals surface area contributed by atoms with E-state index < -0.39 is 0 Å². The average Bonchev–Trinajstić information content (AvgIpc) is 3.02. The predicted octanol–water partition coefficient (Wildman–Crippen LogP) is 1.96. The number of aromatic nitrogens is 3. The van der Waals surface area contributed by atoms with Crippen LogP contribution in [0, 0.1) is 5.82 Å². The van der Waals surface area contributed by atoms with Crippen LogP contribution in [-0.2, 0) is 6.54 Å². The van der Waals surface area contributed by atoms with Gasteiger partial charge in [-0.05, 0) is 37.1 Å².